The van der Waals surface area contributed by atoms with Gasteiger partial charge in [0.05, 0.1) is 5.69 Å². The molecule has 0 spiro atoms. The van der Waals surface area contributed by atoms with E-state index in [0.29, 0.717) is 23.0 Å². The average molecular weight is 418 g/mol. The van der Waals surface area contributed by atoms with E-state index in [1.807, 2.05) is 62.4 Å². The molecule has 2 N–H and O–H groups in total. The van der Waals surface area contributed by atoms with Crippen molar-refractivity contribution < 1.29 is 0 Å². The zero-order valence-electron chi connectivity index (χ0n) is 16.6. The number of hydrogen-bond donors (Lipinski definition) is 2. The first-order valence-corrected chi connectivity index (χ1v) is 9.87. The summed E-state index contributed by atoms with van der Waals surface area (Å²) in [6.07, 6.45) is 0.687. The average Bonchev–Trinajstić information content (AvgIpc) is 2.73. The maximum absolute atomic E-state index is 11.3. The lowest BCUT2D eigenvalue weighted by atomic mass is 10.0. The number of halogens is 1. The predicted molar refractivity (Wildman–Crippen MR) is 119 cm³/mol. The van der Waals surface area contributed by atoms with Crippen LogP contribution in [-0.2, 0) is 6.42 Å². The monoisotopic (exact) mass is 417 g/mol. The maximum atomic E-state index is 11.3. The van der Waals surface area contributed by atoms with Crippen LogP contribution in [0.1, 0.15) is 22.6 Å². The summed E-state index contributed by atoms with van der Waals surface area (Å²) in [6, 6.07) is 18.8. The van der Waals surface area contributed by atoms with E-state index in [4.69, 9.17) is 11.6 Å². The lowest BCUT2D eigenvalue weighted by molar-refractivity contribution is 0.965. The molecule has 0 aliphatic carbocycles. The van der Waals surface area contributed by atoms with Gasteiger partial charge in [-0.05, 0) is 49.7 Å². The number of H-pyrrole nitrogens is 1. The van der Waals surface area contributed by atoms with Gasteiger partial charge in [-0.25, -0.2) is 15.1 Å². The van der Waals surface area contributed by atoms with Crippen molar-refractivity contribution in [3.8, 4) is 11.3 Å². The third-order valence-electron chi connectivity index (χ3n) is 4.72. The molecule has 0 amide bonds. The van der Waals surface area contributed by atoms with Crippen molar-refractivity contribution in [3.63, 3.8) is 0 Å². The Bertz CT molecular complexity index is 1230. The summed E-state index contributed by atoms with van der Waals surface area (Å²) in [5.74, 6) is 1.47. The predicted octanol–water partition coefficient (Wildman–Crippen LogP) is 4.83. The molecule has 4 aromatic rings. The third kappa shape index (κ3) is 4.55. The van der Waals surface area contributed by atoms with Crippen molar-refractivity contribution in [2.75, 3.05) is 5.32 Å². The number of hydrogen-bond acceptors (Lipinski definition) is 5. The summed E-state index contributed by atoms with van der Waals surface area (Å²) in [5, 5.41) is 10.7. The Morgan fingerprint density at radius 3 is 2.53 bits per heavy atom. The van der Waals surface area contributed by atoms with Crippen LogP contribution < -0.4 is 10.9 Å². The Balaban J connectivity index is 1.67. The van der Waals surface area contributed by atoms with Crippen LogP contribution >= 0.6 is 11.6 Å². The van der Waals surface area contributed by atoms with Crippen LogP contribution in [0.2, 0.25) is 5.02 Å². The van der Waals surface area contributed by atoms with Gasteiger partial charge in [0.25, 0.3) is 5.56 Å². The lowest BCUT2D eigenvalue weighted by Crippen LogP contribution is -2.07. The van der Waals surface area contributed by atoms with Gasteiger partial charge in [0.2, 0.25) is 0 Å². The second kappa shape index (κ2) is 8.47. The van der Waals surface area contributed by atoms with Gasteiger partial charge in [-0.3, -0.25) is 4.79 Å². The van der Waals surface area contributed by atoms with Crippen molar-refractivity contribution in [2.24, 2.45) is 0 Å². The highest BCUT2D eigenvalue weighted by atomic mass is 35.5. The minimum Gasteiger partial charge on any atom is -0.340 e. The molecule has 0 aliphatic rings. The minimum absolute atomic E-state index is 0.230. The molecule has 2 heterocycles. The topological polar surface area (TPSA) is 83.6 Å². The molecule has 2 aromatic heterocycles. The number of aryl methyl sites for hydroxylation is 2. The number of aromatic amines is 1. The number of aromatic nitrogens is 4. The highest BCUT2D eigenvalue weighted by molar-refractivity contribution is 6.30. The second-order valence-corrected chi connectivity index (χ2v) is 7.44. The minimum atomic E-state index is -0.230. The normalized spacial score (nSPS) is 10.8. The van der Waals surface area contributed by atoms with E-state index in [1.165, 1.54) is 6.07 Å². The van der Waals surface area contributed by atoms with Crippen molar-refractivity contribution in [1.29, 1.82) is 0 Å². The molecule has 7 heteroatoms. The molecule has 0 bridgehead atoms. The van der Waals surface area contributed by atoms with Crippen LogP contribution in [0.5, 0.6) is 0 Å². The quantitative estimate of drug-likeness (QED) is 0.485. The molecule has 4 rings (SSSR count). The molecule has 0 fully saturated rings. The Morgan fingerprint density at radius 2 is 1.80 bits per heavy atom. The maximum Gasteiger partial charge on any atom is 0.264 e. The molecule has 0 aliphatic heterocycles. The van der Waals surface area contributed by atoms with Gasteiger partial charge >= 0.3 is 0 Å². The zero-order chi connectivity index (χ0) is 21.1. The van der Waals surface area contributed by atoms with Crippen molar-refractivity contribution in [1.82, 2.24) is 20.2 Å². The molecule has 0 saturated carbocycles. The number of anilines is 2. The molecule has 0 atom stereocenters. The summed E-state index contributed by atoms with van der Waals surface area (Å²) >= 11 is 6.02. The second-order valence-electron chi connectivity index (χ2n) is 7.00. The van der Waals surface area contributed by atoms with E-state index >= 15 is 0 Å². The van der Waals surface area contributed by atoms with Crippen LogP contribution in [0, 0.1) is 13.8 Å². The number of rotatable bonds is 5. The van der Waals surface area contributed by atoms with Crippen LogP contribution in [-0.4, -0.2) is 20.2 Å². The Kier molecular flexibility index (Phi) is 5.59. The van der Waals surface area contributed by atoms with Gasteiger partial charge in [-0.2, -0.15) is 5.10 Å². The van der Waals surface area contributed by atoms with Gasteiger partial charge in [-0.15, -0.1) is 0 Å². The number of nitrogens with one attached hydrogen (secondary N) is 2. The van der Waals surface area contributed by atoms with Gasteiger partial charge in [-0.1, -0.05) is 35.9 Å². The molecule has 0 radical (unpaired) electrons. The highest BCUT2D eigenvalue weighted by Crippen LogP contribution is 2.27. The van der Waals surface area contributed by atoms with Crippen molar-refractivity contribution >= 4 is 23.1 Å². The van der Waals surface area contributed by atoms with E-state index in [2.05, 4.69) is 25.5 Å². The van der Waals surface area contributed by atoms with Crippen molar-refractivity contribution in [2.45, 2.75) is 20.3 Å². The molecular weight excluding hydrogens is 398 g/mol. The zero-order valence-corrected chi connectivity index (χ0v) is 17.4. The summed E-state index contributed by atoms with van der Waals surface area (Å²) in [4.78, 5) is 20.5. The van der Waals surface area contributed by atoms with Crippen LogP contribution in [0.15, 0.2) is 65.5 Å². The van der Waals surface area contributed by atoms with E-state index in [0.717, 1.165) is 33.9 Å². The molecule has 30 heavy (non-hydrogen) atoms. The van der Waals surface area contributed by atoms with Crippen LogP contribution in [0.4, 0.5) is 11.5 Å². The SMILES string of the molecule is Cc1nc(C)c(Cc2ccc(Cl)cc2)c(Nc2cccc(-c3ccc(=O)[nH]n3)c2)n1. The molecular formula is C23H20ClN5O. The summed E-state index contributed by atoms with van der Waals surface area (Å²) in [7, 11) is 0. The van der Waals surface area contributed by atoms with E-state index in [9.17, 15) is 4.79 Å². The largest absolute Gasteiger partial charge is 0.340 e. The van der Waals surface area contributed by atoms with Gasteiger partial charge in [0.1, 0.15) is 11.6 Å². The first kappa shape index (κ1) is 19.8. The molecule has 0 unspecified atom stereocenters. The fraction of sp³-hybridized carbons (Fsp3) is 0.130. The first-order valence-electron chi connectivity index (χ1n) is 9.50. The third-order valence-corrected chi connectivity index (χ3v) is 4.97. The standard InChI is InChI=1S/C23H20ClN5O/c1-14-20(12-16-6-8-18(24)9-7-16)23(26-15(2)25-14)27-19-5-3-4-17(13-19)21-10-11-22(30)29-28-21/h3-11,13H,12H2,1-2H3,(H,29,30)(H,25,26,27). The van der Waals surface area contributed by atoms with Gasteiger partial charge in [0.15, 0.2) is 0 Å². The Hall–Kier alpha value is -3.51. The van der Waals surface area contributed by atoms with E-state index in [-0.39, 0.29) is 5.56 Å². The molecule has 6 nitrogen and oxygen atoms in total. The Labute approximate surface area is 179 Å². The summed E-state index contributed by atoms with van der Waals surface area (Å²) in [5.41, 5.74) is 5.30. The highest BCUT2D eigenvalue weighted by Gasteiger charge is 2.12. The number of benzene rings is 2. The lowest BCUT2D eigenvalue weighted by Gasteiger charge is -2.15. The smallest absolute Gasteiger partial charge is 0.264 e. The van der Waals surface area contributed by atoms with Crippen LogP contribution in [0.3, 0.4) is 0 Å². The van der Waals surface area contributed by atoms with E-state index in [1.54, 1.807) is 6.07 Å². The summed E-state index contributed by atoms with van der Waals surface area (Å²) in [6.45, 7) is 3.87. The Morgan fingerprint density at radius 1 is 1.00 bits per heavy atom. The van der Waals surface area contributed by atoms with E-state index < -0.39 is 0 Å². The molecule has 2 aromatic carbocycles. The van der Waals surface area contributed by atoms with Gasteiger partial charge < -0.3 is 5.32 Å². The fourth-order valence-electron chi connectivity index (χ4n) is 3.26. The summed E-state index contributed by atoms with van der Waals surface area (Å²) < 4.78 is 0. The van der Waals surface area contributed by atoms with Gasteiger partial charge in [0, 0.05) is 40.0 Å². The fourth-order valence-corrected chi connectivity index (χ4v) is 3.38. The first-order chi connectivity index (χ1) is 14.5. The van der Waals surface area contributed by atoms with Crippen LogP contribution in [0.25, 0.3) is 11.3 Å². The molecule has 0 saturated heterocycles. The number of nitrogens with zero attached hydrogens (tertiary/aromatic N) is 3. The molecule has 150 valence electrons. The van der Waals surface area contributed by atoms with Crippen molar-refractivity contribution in [3.05, 3.63) is 98.7 Å².